The largest absolute Gasteiger partial charge is 0.444 e. The van der Waals surface area contributed by atoms with Crippen molar-refractivity contribution >= 4 is 29.3 Å². The number of rotatable bonds is 7. The molecule has 3 heterocycles. The third kappa shape index (κ3) is 6.38. The van der Waals surface area contributed by atoms with E-state index in [2.05, 4.69) is 5.32 Å². The van der Waals surface area contributed by atoms with Crippen LogP contribution in [0, 0.1) is 5.82 Å². The summed E-state index contributed by atoms with van der Waals surface area (Å²) < 4.78 is 50.3. The summed E-state index contributed by atoms with van der Waals surface area (Å²) in [6.07, 6.45) is -3.48. The van der Waals surface area contributed by atoms with Crippen molar-refractivity contribution in [2.24, 2.45) is 0 Å². The maximum Gasteiger partial charge on any atom is 0.414 e. The topological polar surface area (TPSA) is 101 Å². The van der Waals surface area contributed by atoms with Gasteiger partial charge >= 0.3 is 12.1 Å². The van der Waals surface area contributed by atoms with Crippen molar-refractivity contribution < 1.29 is 41.9 Å². The van der Waals surface area contributed by atoms with Gasteiger partial charge in [0.1, 0.15) is 11.9 Å². The fourth-order valence-electron chi connectivity index (χ4n) is 4.35. The molecular formula is C23H29F3N4O6. The van der Waals surface area contributed by atoms with Gasteiger partial charge in [0, 0.05) is 38.8 Å². The van der Waals surface area contributed by atoms with Gasteiger partial charge in [-0.15, -0.1) is 0 Å². The molecule has 0 bridgehead atoms. The van der Waals surface area contributed by atoms with Crippen LogP contribution in [0.15, 0.2) is 18.2 Å². The third-order valence-corrected chi connectivity index (χ3v) is 6.37. The zero-order chi connectivity index (χ0) is 25.7. The fourth-order valence-corrected chi connectivity index (χ4v) is 4.35. The first-order valence-electron chi connectivity index (χ1n) is 11.9. The number of ether oxygens (including phenoxy) is 2. The van der Waals surface area contributed by atoms with E-state index in [0.717, 1.165) is 12.8 Å². The average molecular weight is 515 g/mol. The Labute approximate surface area is 206 Å². The number of ketones is 1. The quantitative estimate of drug-likeness (QED) is 0.597. The maximum absolute atomic E-state index is 15.1. The Morgan fingerprint density at radius 1 is 1.11 bits per heavy atom. The first kappa shape index (κ1) is 26.0. The summed E-state index contributed by atoms with van der Waals surface area (Å²) in [5.74, 6) is -1.78. The molecular weight excluding hydrogens is 485 g/mol. The summed E-state index contributed by atoms with van der Waals surface area (Å²) >= 11 is 0. The van der Waals surface area contributed by atoms with E-state index in [1.54, 1.807) is 11.0 Å². The number of urea groups is 1. The molecule has 13 heteroatoms. The zero-order valence-electron chi connectivity index (χ0n) is 19.7. The van der Waals surface area contributed by atoms with E-state index < -0.39 is 36.6 Å². The highest BCUT2D eigenvalue weighted by Gasteiger charge is 2.34. The molecule has 3 aliphatic heterocycles. The lowest BCUT2D eigenvalue weighted by molar-refractivity contribution is -0.129. The van der Waals surface area contributed by atoms with Crippen LogP contribution >= 0.6 is 0 Å². The van der Waals surface area contributed by atoms with Crippen LogP contribution in [0.2, 0.25) is 0 Å². The van der Waals surface area contributed by atoms with E-state index in [1.165, 1.54) is 22.1 Å². The number of carbonyl (C=O) groups is 3. The van der Waals surface area contributed by atoms with Gasteiger partial charge in [0.05, 0.1) is 31.1 Å². The van der Waals surface area contributed by atoms with Gasteiger partial charge in [-0.2, -0.15) is 0 Å². The summed E-state index contributed by atoms with van der Waals surface area (Å²) in [5.41, 5.74) is 0.549. The van der Waals surface area contributed by atoms with Crippen LogP contribution in [0.4, 0.5) is 34.1 Å². The molecule has 1 aromatic carbocycles. The highest BCUT2D eigenvalue weighted by atomic mass is 19.3. The van der Waals surface area contributed by atoms with Crippen LogP contribution < -0.4 is 15.1 Å². The predicted octanol–water partition coefficient (Wildman–Crippen LogP) is 2.71. The molecule has 10 nitrogen and oxygen atoms in total. The molecule has 0 saturated carbocycles. The summed E-state index contributed by atoms with van der Waals surface area (Å²) in [7, 11) is 0. The van der Waals surface area contributed by atoms with Crippen molar-refractivity contribution in [3.63, 3.8) is 0 Å². The number of nitrogens with one attached hydrogen (secondary N) is 1. The van der Waals surface area contributed by atoms with Gasteiger partial charge in [-0.1, -0.05) is 0 Å². The standard InChI is InChI=1S/C23H29F3N4O6/c24-18-13-16(29-14-17(36-23(29)33)2-4-20(31)21(25)26)1-3-19(18)28-7-8-30(35-12-9-28)22(32)27-15-5-10-34-11-6-15/h1,3,13,15,17,21H,2,4-12,14H2,(H,27,32)/t17-/m0/s1. The molecule has 1 aromatic rings. The molecule has 4 rings (SSSR count). The number of nitrogens with zero attached hydrogens (tertiary/aromatic N) is 3. The number of carbonyl (C=O) groups excluding carboxylic acids is 3. The third-order valence-electron chi connectivity index (χ3n) is 6.37. The Balaban J connectivity index is 1.32. The van der Waals surface area contributed by atoms with Gasteiger partial charge in [-0.3, -0.25) is 14.5 Å². The summed E-state index contributed by atoms with van der Waals surface area (Å²) in [5, 5.41) is 4.18. The number of amides is 3. The van der Waals surface area contributed by atoms with Crippen molar-refractivity contribution in [1.29, 1.82) is 0 Å². The molecule has 1 atom stereocenters. The van der Waals surface area contributed by atoms with E-state index in [1.807, 2.05) is 0 Å². The summed E-state index contributed by atoms with van der Waals surface area (Å²) in [6, 6.07) is 3.99. The number of hydrogen-bond donors (Lipinski definition) is 1. The number of halogens is 3. The smallest absolute Gasteiger partial charge is 0.414 e. The van der Waals surface area contributed by atoms with Crippen LogP contribution in [0.5, 0.6) is 0 Å². The monoisotopic (exact) mass is 514 g/mol. The van der Waals surface area contributed by atoms with Crippen molar-refractivity contribution in [3.05, 3.63) is 24.0 Å². The lowest BCUT2D eigenvalue weighted by atomic mass is 10.1. The zero-order valence-corrected chi connectivity index (χ0v) is 19.7. The maximum atomic E-state index is 15.1. The lowest BCUT2D eigenvalue weighted by Gasteiger charge is -2.27. The molecule has 0 spiro atoms. The highest BCUT2D eigenvalue weighted by molar-refractivity contribution is 5.90. The first-order chi connectivity index (χ1) is 17.3. The minimum absolute atomic E-state index is 0.0286. The molecule has 1 N–H and O–H groups in total. The summed E-state index contributed by atoms with van der Waals surface area (Å²) in [6.45, 7) is 2.33. The second kappa shape index (κ2) is 11.8. The number of alkyl halides is 2. The van der Waals surface area contributed by atoms with Gasteiger partial charge in [0.15, 0.2) is 5.78 Å². The normalized spacial score (nSPS) is 21.5. The number of cyclic esters (lactones) is 1. The van der Waals surface area contributed by atoms with Crippen LogP contribution in [0.25, 0.3) is 0 Å². The first-order valence-corrected chi connectivity index (χ1v) is 11.9. The van der Waals surface area contributed by atoms with Gasteiger partial charge in [-0.05, 0) is 37.5 Å². The minimum Gasteiger partial charge on any atom is -0.444 e. The van der Waals surface area contributed by atoms with Crippen molar-refractivity contribution in [2.45, 2.75) is 44.3 Å². The highest BCUT2D eigenvalue weighted by Crippen LogP contribution is 2.29. The van der Waals surface area contributed by atoms with Crippen molar-refractivity contribution in [3.8, 4) is 0 Å². The number of hydrogen-bond acceptors (Lipinski definition) is 7. The predicted molar refractivity (Wildman–Crippen MR) is 122 cm³/mol. The van der Waals surface area contributed by atoms with Gasteiger partial charge in [0.2, 0.25) is 0 Å². The molecule has 198 valence electrons. The van der Waals surface area contributed by atoms with Crippen LogP contribution in [0.1, 0.15) is 25.7 Å². The van der Waals surface area contributed by atoms with E-state index in [0.29, 0.717) is 32.0 Å². The van der Waals surface area contributed by atoms with E-state index in [9.17, 15) is 23.2 Å². The van der Waals surface area contributed by atoms with Gasteiger partial charge in [0.25, 0.3) is 6.43 Å². The van der Waals surface area contributed by atoms with Gasteiger partial charge in [-0.25, -0.2) is 27.8 Å². The van der Waals surface area contributed by atoms with E-state index in [-0.39, 0.29) is 43.9 Å². The Hall–Kier alpha value is -3.06. The van der Waals surface area contributed by atoms with Crippen molar-refractivity contribution in [1.82, 2.24) is 10.4 Å². The number of anilines is 2. The Bertz CT molecular complexity index is 962. The Morgan fingerprint density at radius 2 is 1.89 bits per heavy atom. The second-order valence-corrected chi connectivity index (χ2v) is 8.82. The van der Waals surface area contributed by atoms with Crippen LogP contribution in [-0.2, 0) is 19.1 Å². The summed E-state index contributed by atoms with van der Waals surface area (Å²) in [4.78, 5) is 44.4. The molecule has 0 aromatic heterocycles. The van der Waals surface area contributed by atoms with Gasteiger partial charge < -0.3 is 19.7 Å². The second-order valence-electron chi connectivity index (χ2n) is 8.82. The van der Waals surface area contributed by atoms with E-state index in [4.69, 9.17) is 14.3 Å². The Kier molecular flexibility index (Phi) is 8.52. The van der Waals surface area contributed by atoms with Crippen molar-refractivity contribution in [2.75, 3.05) is 55.8 Å². The number of hydroxylamine groups is 2. The Morgan fingerprint density at radius 3 is 2.61 bits per heavy atom. The average Bonchev–Trinajstić information content (AvgIpc) is 3.07. The molecule has 3 aliphatic rings. The molecule has 36 heavy (non-hydrogen) atoms. The molecule has 3 fully saturated rings. The van der Waals surface area contributed by atoms with Crippen LogP contribution in [0.3, 0.4) is 0 Å². The molecule has 0 unspecified atom stereocenters. The molecule has 3 saturated heterocycles. The molecule has 3 amide bonds. The fraction of sp³-hybridized carbons (Fsp3) is 0.609. The van der Waals surface area contributed by atoms with Crippen LogP contribution in [-0.4, -0.2) is 87.5 Å². The van der Waals surface area contributed by atoms with E-state index >= 15 is 4.39 Å². The lowest BCUT2D eigenvalue weighted by Crippen LogP contribution is -2.47. The number of benzene rings is 1. The minimum atomic E-state index is -3.06. The molecule has 0 radical (unpaired) electrons. The number of Topliss-reactive ketones (excluding diaryl/α,β-unsaturated/α-hetero) is 1. The molecule has 0 aliphatic carbocycles. The SMILES string of the molecule is O=C(CC[C@H]1CN(c2ccc(N3CCON(C(=O)NC4CCOCC4)CC3)c(F)c2)C(=O)O1)C(F)F.